The van der Waals surface area contributed by atoms with Crippen LogP contribution in [0.5, 0.6) is 0 Å². The first-order chi connectivity index (χ1) is 10.7. The van der Waals surface area contributed by atoms with Gasteiger partial charge in [0.05, 0.1) is 0 Å². The van der Waals surface area contributed by atoms with Crippen molar-refractivity contribution in [3.05, 3.63) is 17.5 Å². The Morgan fingerprint density at radius 2 is 1.91 bits per heavy atom. The third-order valence-electron chi connectivity index (χ3n) is 4.81. The lowest BCUT2D eigenvalue weighted by Crippen LogP contribution is -2.40. The van der Waals surface area contributed by atoms with Crippen LogP contribution in [0.1, 0.15) is 61.6 Å². The van der Waals surface area contributed by atoms with E-state index in [9.17, 15) is 4.79 Å². The molecule has 2 aliphatic heterocycles. The average Bonchev–Trinajstić information content (AvgIpc) is 3.08. The zero-order chi connectivity index (χ0) is 15.5. The van der Waals surface area contributed by atoms with Gasteiger partial charge in [-0.15, -0.1) is 0 Å². The second-order valence-corrected chi connectivity index (χ2v) is 6.45. The molecular weight excluding hydrogens is 276 g/mol. The van der Waals surface area contributed by atoms with E-state index in [-0.39, 0.29) is 5.91 Å². The summed E-state index contributed by atoms with van der Waals surface area (Å²) < 4.78 is 0. The van der Waals surface area contributed by atoms with Gasteiger partial charge in [0.25, 0.3) is 5.91 Å². The van der Waals surface area contributed by atoms with Gasteiger partial charge in [0.15, 0.2) is 0 Å². The number of amides is 1. The van der Waals surface area contributed by atoms with Gasteiger partial charge in [-0.3, -0.25) is 4.79 Å². The summed E-state index contributed by atoms with van der Waals surface area (Å²) in [5, 5.41) is 0. The van der Waals surface area contributed by atoms with Gasteiger partial charge < -0.3 is 9.80 Å². The predicted molar refractivity (Wildman–Crippen MR) is 87.2 cm³/mol. The van der Waals surface area contributed by atoms with Crippen molar-refractivity contribution in [2.24, 2.45) is 0 Å². The highest BCUT2D eigenvalue weighted by Crippen LogP contribution is 2.24. The van der Waals surface area contributed by atoms with E-state index in [0.29, 0.717) is 11.7 Å². The molecule has 1 unspecified atom stereocenters. The van der Waals surface area contributed by atoms with Crippen molar-refractivity contribution in [1.82, 2.24) is 14.9 Å². The van der Waals surface area contributed by atoms with Gasteiger partial charge in [-0.25, -0.2) is 9.97 Å². The molecular formula is C17H26N4O. The van der Waals surface area contributed by atoms with Crippen molar-refractivity contribution in [3.8, 4) is 0 Å². The van der Waals surface area contributed by atoms with Crippen LogP contribution in [0.15, 0.2) is 6.07 Å². The number of hydrogen-bond donors (Lipinski definition) is 0. The first-order valence-electron chi connectivity index (χ1n) is 8.60. The molecule has 1 atom stereocenters. The summed E-state index contributed by atoms with van der Waals surface area (Å²) in [5.41, 5.74) is 1.44. The number of aromatic nitrogens is 2. The fraction of sp³-hybridized carbons (Fsp3) is 0.706. The van der Waals surface area contributed by atoms with Crippen molar-refractivity contribution in [1.29, 1.82) is 0 Å². The van der Waals surface area contributed by atoms with Crippen molar-refractivity contribution in [3.63, 3.8) is 0 Å². The monoisotopic (exact) mass is 302 g/mol. The molecule has 1 aromatic heterocycles. The molecule has 2 saturated heterocycles. The highest BCUT2D eigenvalue weighted by Gasteiger charge is 2.26. The van der Waals surface area contributed by atoms with Gasteiger partial charge in [0, 0.05) is 31.4 Å². The standard InChI is InChI=1S/C17H26N4O/c1-3-14-8-4-5-11-21(14)17-18-13(2)12-15(19-17)16(22)20-9-6-7-10-20/h12,14H,3-11H2,1-2H3. The van der Waals surface area contributed by atoms with Crippen LogP contribution < -0.4 is 4.90 Å². The lowest BCUT2D eigenvalue weighted by atomic mass is 10.0. The Hall–Kier alpha value is -1.65. The number of rotatable bonds is 3. The van der Waals surface area contributed by atoms with Crippen LogP contribution in [-0.4, -0.2) is 46.5 Å². The molecule has 1 aromatic rings. The van der Waals surface area contributed by atoms with Crippen molar-refractivity contribution < 1.29 is 4.79 Å². The Labute approximate surface area is 132 Å². The smallest absolute Gasteiger partial charge is 0.272 e. The SMILES string of the molecule is CCC1CCCCN1c1nc(C)cc(C(=O)N2CCCC2)n1. The van der Waals surface area contributed by atoms with Crippen molar-refractivity contribution in [2.75, 3.05) is 24.5 Å². The lowest BCUT2D eigenvalue weighted by Gasteiger charge is -2.35. The predicted octanol–water partition coefficient (Wildman–Crippen LogP) is 2.79. The van der Waals surface area contributed by atoms with Gasteiger partial charge in [-0.05, 0) is 51.5 Å². The quantitative estimate of drug-likeness (QED) is 0.861. The summed E-state index contributed by atoms with van der Waals surface area (Å²) in [7, 11) is 0. The summed E-state index contributed by atoms with van der Waals surface area (Å²) in [6.45, 7) is 6.89. The number of anilines is 1. The van der Waals surface area contributed by atoms with Crippen LogP contribution in [0.25, 0.3) is 0 Å². The molecule has 22 heavy (non-hydrogen) atoms. The lowest BCUT2D eigenvalue weighted by molar-refractivity contribution is 0.0786. The molecule has 2 aliphatic rings. The van der Waals surface area contributed by atoms with Crippen LogP contribution in [0.3, 0.4) is 0 Å². The average molecular weight is 302 g/mol. The molecule has 120 valence electrons. The van der Waals surface area contributed by atoms with E-state index in [0.717, 1.165) is 50.5 Å². The van der Waals surface area contributed by atoms with E-state index in [1.807, 2.05) is 17.9 Å². The topological polar surface area (TPSA) is 49.3 Å². The molecule has 3 heterocycles. The fourth-order valence-corrected chi connectivity index (χ4v) is 3.56. The molecule has 0 bridgehead atoms. The zero-order valence-corrected chi connectivity index (χ0v) is 13.7. The number of likely N-dealkylation sites (tertiary alicyclic amines) is 1. The zero-order valence-electron chi connectivity index (χ0n) is 13.7. The minimum Gasteiger partial charge on any atom is -0.338 e. The maximum absolute atomic E-state index is 12.6. The Bertz CT molecular complexity index is 539. The first kappa shape index (κ1) is 15.3. The van der Waals surface area contributed by atoms with E-state index in [1.165, 1.54) is 19.3 Å². The minimum atomic E-state index is 0.0642. The molecule has 5 nitrogen and oxygen atoms in total. The highest BCUT2D eigenvalue weighted by atomic mass is 16.2. The summed E-state index contributed by atoms with van der Waals surface area (Å²) in [6.07, 6.45) is 6.97. The summed E-state index contributed by atoms with van der Waals surface area (Å²) in [5.74, 6) is 0.809. The third kappa shape index (κ3) is 3.08. The third-order valence-corrected chi connectivity index (χ3v) is 4.81. The molecule has 5 heteroatoms. The maximum Gasteiger partial charge on any atom is 0.272 e. The fourth-order valence-electron chi connectivity index (χ4n) is 3.56. The van der Waals surface area contributed by atoms with Gasteiger partial charge in [0.2, 0.25) is 5.95 Å². The van der Waals surface area contributed by atoms with E-state index in [2.05, 4.69) is 21.8 Å². The molecule has 3 rings (SSSR count). The molecule has 0 aromatic carbocycles. The van der Waals surface area contributed by atoms with E-state index < -0.39 is 0 Å². The van der Waals surface area contributed by atoms with E-state index in [1.54, 1.807) is 0 Å². The van der Waals surface area contributed by atoms with E-state index in [4.69, 9.17) is 0 Å². The number of aryl methyl sites for hydroxylation is 1. The molecule has 0 spiro atoms. The van der Waals surface area contributed by atoms with Crippen LogP contribution in [0, 0.1) is 6.92 Å². The Morgan fingerprint density at radius 3 is 2.64 bits per heavy atom. The van der Waals surface area contributed by atoms with Crippen molar-refractivity contribution in [2.45, 2.75) is 58.4 Å². The van der Waals surface area contributed by atoms with Crippen LogP contribution in [-0.2, 0) is 0 Å². The van der Waals surface area contributed by atoms with Gasteiger partial charge in [-0.2, -0.15) is 0 Å². The minimum absolute atomic E-state index is 0.0642. The number of piperidine rings is 1. The number of carbonyl (C=O) groups excluding carboxylic acids is 1. The van der Waals surface area contributed by atoms with Gasteiger partial charge in [0.1, 0.15) is 5.69 Å². The maximum atomic E-state index is 12.6. The summed E-state index contributed by atoms with van der Waals surface area (Å²) in [6, 6.07) is 2.33. The molecule has 0 saturated carbocycles. The first-order valence-corrected chi connectivity index (χ1v) is 8.60. The second kappa shape index (κ2) is 6.63. The molecule has 2 fully saturated rings. The van der Waals surface area contributed by atoms with Crippen LogP contribution in [0.2, 0.25) is 0 Å². The molecule has 0 N–H and O–H groups in total. The largest absolute Gasteiger partial charge is 0.338 e. The molecule has 0 radical (unpaired) electrons. The van der Waals surface area contributed by atoms with E-state index >= 15 is 0 Å². The van der Waals surface area contributed by atoms with Gasteiger partial charge in [-0.1, -0.05) is 6.92 Å². The molecule has 1 amide bonds. The Balaban J connectivity index is 1.87. The molecule has 0 aliphatic carbocycles. The van der Waals surface area contributed by atoms with Crippen LogP contribution >= 0.6 is 0 Å². The summed E-state index contributed by atoms with van der Waals surface area (Å²) >= 11 is 0. The number of hydrogen-bond acceptors (Lipinski definition) is 4. The Morgan fingerprint density at radius 1 is 1.18 bits per heavy atom. The summed E-state index contributed by atoms with van der Waals surface area (Å²) in [4.78, 5) is 26.1. The second-order valence-electron chi connectivity index (χ2n) is 6.45. The number of carbonyl (C=O) groups is 1. The number of nitrogens with zero attached hydrogens (tertiary/aromatic N) is 4. The van der Waals surface area contributed by atoms with Gasteiger partial charge >= 0.3 is 0 Å². The van der Waals surface area contributed by atoms with Crippen molar-refractivity contribution >= 4 is 11.9 Å². The Kier molecular flexibility index (Phi) is 4.60. The highest BCUT2D eigenvalue weighted by molar-refractivity contribution is 5.92. The normalized spacial score (nSPS) is 22.2. The van der Waals surface area contributed by atoms with Crippen LogP contribution in [0.4, 0.5) is 5.95 Å².